The Morgan fingerprint density at radius 1 is 0.889 bits per heavy atom. The van der Waals surface area contributed by atoms with Crippen molar-refractivity contribution in [2.75, 3.05) is 5.32 Å². The summed E-state index contributed by atoms with van der Waals surface area (Å²) in [5.74, 6) is 0.838. The quantitative estimate of drug-likeness (QED) is 0.164. The number of amides is 3. The molecular formula is C36H34Cl2N2O4S. The molecule has 0 aliphatic carbocycles. The summed E-state index contributed by atoms with van der Waals surface area (Å²) >= 11 is 14.5. The number of hydrogen-bond acceptors (Lipinski definition) is 5. The zero-order valence-electron chi connectivity index (χ0n) is 25.7. The number of anilines is 1. The maximum absolute atomic E-state index is 13.4. The van der Waals surface area contributed by atoms with Crippen LogP contribution in [0.1, 0.15) is 73.5 Å². The van der Waals surface area contributed by atoms with Gasteiger partial charge in [0.1, 0.15) is 17.1 Å². The Labute approximate surface area is 277 Å². The second kappa shape index (κ2) is 14.0. The van der Waals surface area contributed by atoms with E-state index in [1.807, 2.05) is 95.3 Å². The van der Waals surface area contributed by atoms with Gasteiger partial charge in [-0.3, -0.25) is 10.1 Å². The molecule has 5 aromatic rings. The summed E-state index contributed by atoms with van der Waals surface area (Å²) in [5, 5.41) is 6.70. The fraction of sp³-hybridized carbons (Fsp3) is 0.222. The number of urea groups is 1. The van der Waals surface area contributed by atoms with Crippen molar-refractivity contribution in [1.29, 1.82) is 0 Å². The fourth-order valence-electron chi connectivity index (χ4n) is 5.18. The Morgan fingerprint density at radius 3 is 2.22 bits per heavy atom. The molecular weight excluding hydrogens is 627 g/mol. The lowest BCUT2D eigenvalue weighted by Gasteiger charge is -2.19. The number of aryl methyl sites for hydroxylation is 1. The lowest BCUT2D eigenvalue weighted by Crippen LogP contribution is -2.35. The van der Waals surface area contributed by atoms with Gasteiger partial charge in [-0.25, -0.2) is 4.79 Å². The third-order valence-corrected chi connectivity index (χ3v) is 8.95. The van der Waals surface area contributed by atoms with Gasteiger partial charge in [-0.1, -0.05) is 94.4 Å². The van der Waals surface area contributed by atoms with Crippen molar-refractivity contribution in [3.63, 3.8) is 0 Å². The van der Waals surface area contributed by atoms with Crippen LogP contribution in [-0.4, -0.2) is 11.9 Å². The molecule has 0 radical (unpaired) electrons. The van der Waals surface area contributed by atoms with Crippen LogP contribution in [0.3, 0.4) is 0 Å². The number of ether oxygens (including phenoxy) is 1. The molecule has 0 saturated carbocycles. The molecule has 3 amide bonds. The van der Waals surface area contributed by atoms with Gasteiger partial charge in [0, 0.05) is 27.6 Å². The van der Waals surface area contributed by atoms with Crippen molar-refractivity contribution in [3.05, 3.63) is 111 Å². The van der Waals surface area contributed by atoms with Gasteiger partial charge in [-0.15, -0.1) is 0 Å². The highest BCUT2D eigenvalue weighted by Gasteiger charge is 2.23. The van der Waals surface area contributed by atoms with Gasteiger partial charge >= 0.3 is 6.03 Å². The molecule has 4 aromatic carbocycles. The molecule has 232 valence electrons. The number of hydrogen-bond donors (Lipinski definition) is 2. The van der Waals surface area contributed by atoms with E-state index >= 15 is 0 Å². The molecule has 2 N–H and O–H groups in total. The highest BCUT2D eigenvalue weighted by atomic mass is 35.5. The lowest BCUT2D eigenvalue weighted by molar-refractivity contribution is 0.0964. The second-order valence-electron chi connectivity index (χ2n) is 11.2. The van der Waals surface area contributed by atoms with Gasteiger partial charge in [0.2, 0.25) is 0 Å². The van der Waals surface area contributed by atoms with Gasteiger partial charge in [-0.2, -0.15) is 0 Å². The minimum absolute atomic E-state index is 0.115. The van der Waals surface area contributed by atoms with E-state index in [4.69, 9.17) is 32.4 Å². The van der Waals surface area contributed by atoms with Crippen molar-refractivity contribution in [1.82, 2.24) is 5.32 Å². The van der Waals surface area contributed by atoms with Crippen LogP contribution in [0.25, 0.3) is 11.0 Å². The average Bonchev–Trinajstić information content (AvgIpc) is 3.39. The standard InChI is InChI=1S/C36H34Cl2N2O4S/c1-6-22-17-23(39-36(42)40-35(41)32-25(20(2)3)13-10-14-26(32)21(4)5)18-28(37)33(22)44-30-16-15-29-27(19-31(38)43-29)34(30)45-24-11-8-7-9-12-24/h7-21H,6H2,1-5H3,(H2,39,40,41,42). The number of furan rings is 1. The molecule has 0 bridgehead atoms. The summed E-state index contributed by atoms with van der Waals surface area (Å²) < 4.78 is 12.2. The van der Waals surface area contributed by atoms with Crippen LogP contribution in [0.4, 0.5) is 10.5 Å². The molecule has 1 aromatic heterocycles. The number of halogens is 2. The minimum Gasteiger partial charge on any atom is -0.454 e. The maximum Gasteiger partial charge on any atom is 0.326 e. The third-order valence-electron chi connectivity index (χ3n) is 7.35. The number of carbonyl (C=O) groups is 2. The van der Waals surface area contributed by atoms with Crippen molar-refractivity contribution in [2.45, 2.75) is 62.7 Å². The smallest absolute Gasteiger partial charge is 0.326 e. The Kier molecular flexibility index (Phi) is 10.1. The van der Waals surface area contributed by atoms with Gasteiger partial charge in [0.25, 0.3) is 5.91 Å². The molecule has 0 aliphatic rings. The first-order valence-electron chi connectivity index (χ1n) is 14.8. The molecule has 5 rings (SSSR count). The van der Waals surface area contributed by atoms with E-state index in [1.54, 1.807) is 18.2 Å². The van der Waals surface area contributed by atoms with Crippen molar-refractivity contribution >= 4 is 63.6 Å². The number of nitrogens with one attached hydrogen (secondary N) is 2. The van der Waals surface area contributed by atoms with Gasteiger partial charge in [0.05, 0.1) is 9.92 Å². The van der Waals surface area contributed by atoms with E-state index in [0.29, 0.717) is 39.8 Å². The molecule has 0 saturated heterocycles. The normalized spacial score (nSPS) is 11.3. The summed E-state index contributed by atoms with van der Waals surface area (Å²) in [6.45, 7) is 10.1. The van der Waals surface area contributed by atoms with Crippen molar-refractivity contribution < 1.29 is 18.7 Å². The summed E-state index contributed by atoms with van der Waals surface area (Å²) in [6.07, 6.45) is 0.575. The van der Waals surface area contributed by atoms with Crippen LogP contribution in [0.15, 0.2) is 93.1 Å². The number of benzene rings is 4. The number of fused-ring (bicyclic) bond motifs is 1. The van der Waals surface area contributed by atoms with Crippen LogP contribution in [0, 0.1) is 0 Å². The van der Waals surface area contributed by atoms with Crippen LogP contribution < -0.4 is 15.4 Å². The van der Waals surface area contributed by atoms with E-state index in [2.05, 4.69) is 10.6 Å². The second-order valence-corrected chi connectivity index (χ2v) is 13.1. The molecule has 6 nitrogen and oxygen atoms in total. The minimum atomic E-state index is -0.649. The highest BCUT2D eigenvalue weighted by Crippen LogP contribution is 2.45. The molecule has 9 heteroatoms. The molecule has 0 fully saturated rings. The molecule has 0 atom stereocenters. The maximum atomic E-state index is 13.4. The third kappa shape index (κ3) is 7.33. The zero-order chi connectivity index (χ0) is 32.2. The Bertz CT molecular complexity index is 1840. The summed E-state index contributed by atoms with van der Waals surface area (Å²) in [5.41, 5.74) is 4.18. The van der Waals surface area contributed by atoms with E-state index in [0.717, 1.165) is 31.9 Å². The topological polar surface area (TPSA) is 80.6 Å². The molecule has 45 heavy (non-hydrogen) atoms. The fourth-order valence-corrected chi connectivity index (χ4v) is 6.66. The van der Waals surface area contributed by atoms with Crippen LogP contribution in [-0.2, 0) is 6.42 Å². The van der Waals surface area contributed by atoms with Gasteiger partial charge in [0.15, 0.2) is 5.22 Å². The largest absolute Gasteiger partial charge is 0.454 e. The summed E-state index contributed by atoms with van der Waals surface area (Å²) in [7, 11) is 0. The molecule has 0 unspecified atom stereocenters. The predicted molar refractivity (Wildman–Crippen MR) is 184 cm³/mol. The van der Waals surface area contributed by atoms with Gasteiger partial charge < -0.3 is 14.5 Å². The Hall–Kier alpha value is -3.91. The Morgan fingerprint density at radius 2 is 1.58 bits per heavy atom. The van der Waals surface area contributed by atoms with Crippen molar-refractivity contribution in [3.8, 4) is 11.5 Å². The number of rotatable bonds is 9. The molecule has 0 aliphatic heterocycles. The van der Waals surface area contributed by atoms with Gasteiger partial charge in [-0.05, 0) is 82.9 Å². The number of imide groups is 1. The van der Waals surface area contributed by atoms with E-state index in [-0.39, 0.29) is 17.1 Å². The van der Waals surface area contributed by atoms with Crippen molar-refractivity contribution in [2.24, 2.45) is 0 Å². The van der Waals surface area contributed by atoms with Crippen LogP contribution in [0.2, 0.25) is 10.2 Å². The first-order valence-corrected chi connectivity index (χ1v) is 16.3. The Balaban J connectivity index is 1.41. The average molecular weight is 662 g/mol. The van der Waals surface area contributed by atoms with E-state index < -0.39 is 11.9 Å². The monoisotopic (exact) mass is 660 g/mol. The van der Waals surface area contributed by atoms with E-state index in [9.17, 15) is 9.59 Å². The predicted octanol–water partition coefficient (Wildman–Crippen LogP) is 11.5. The molecule has 0 spiro atoms. The SMILES string of the molecule is CCc1cc(NC(=O)NC(=O)c2c(C(C)C)cccc2C(C)C)cc(Cl)c1Oc1ccc2oc(Cl)cc2c1Sc1ccccc1. The van der Waals surface area contributed by atoms with Crippen LogP contribution in [0.5, 0.6) is 11.5 Å². The first kappa shape index (κ1) is 32.5. The highest BCUT2D eigenvalue weighted by molar-refractivity contribution is 7.99. The summed E-state index contributed by atoms with van der Waals surface area (Å²) in [4.78, 5) is 28.3. The zero-order valence-corrected chi connectivity index (χ0v) is 28.0. The van der Waals surface area contributed by atoms with Crippen LogP contribution >= 0.6 is 35.0 Å². The van der Waals surface area contributed by atoms with E-state index in [1.165, 1.54) is 11.8 Å². The summed E-state index contributed by atoms with van der Waals surface area (Å²) in [6, 6.07) is 23.9. The number of carbonyl (C=O) groups excluding carboxylic acids is 2. The molecule has 1 heterocycles. The first-order chi connectivity index (χ1) is 21.5. The lowest BCUT2D eigenvalue weighted by atomic mass is 9.88.